The molecule has 2 aromatic heterocycles. The van der Waals surface area contributed by atoms with E-state index < -0.39 is 18.5 Å². The number of thiophene rings is 1. The van der Waals surface area contributed by atoms with Crippen molar-refractivity contribution in [3.63, 3.8) is 0 Å². The lowest BCUT2D eigenvalue weighted by Gasteiger charge is -2.13. The Morgan fingerprint density at radius 3 is 2.59 bits per heavy atom. The van der Waals surface area contributed by atoms with Gasteiger partial charge in [0.2, 0.25) is 11.2 Å². The van der Waals surface area contributed by atoms with Crippen LogP contribution in [-0.2, 0) is 22.4 Å². The number of esters is 1. The van der Waals surface area contributed by atoms with Crippen LogP contribution in [0.4, 0.5) is 5.00 Å². The summed E-state index contributed by atoms with van der Waals surface area (Å²) in [5.41, 5.74) is 2.90. The SMILES string of the molecule is CCOC(=O)c1c(NC(=O)COc2c(-c3ccc(OC)cc3)oc3ccc(C)cc3c2=O)sc2c1CCCC2. The second-order valence-corrected chi connectivity index (χ2v) is 10.4. The summed E-state index contributed by atoms with van der Waals surface area (Å²) >= 11 is 1.40. The molecule has 0 fully saturated rings. The molecule has 1 amide bonds. The normalized spacial score (nSPS) is 12.6. The van der Waals surface area contributed by atoms with Crippen LogP contribution >= 0.6 is 11.3 Å². The van der Waals surface area contributed by atoms with Gasteiger partial charge in [-0.2, -0.15) is 0 Å². The van der Waals surface area contributed by atoms with Crippen molar-refractivity contribution in [1.82, 2.24) is 0 Å². The Kier molecular flexibility index (Phi) is 7.70. The zero-order chi connectivity index (χ0) is 27.5. The van der Waals surface area contributed by atoms with Crippen molar-refractivity contribution in [3.8, 4) is 22.8 Å². The summed E-state index contributed by atoms with van der Waals surface area (Å²) in [4.78, 5) is 40.4. The van der Waals surface area contributed by atoms with Gasteiger partial charge in [0.1, 0.15) is 16.3 Å². The molecule has 202 valence electrons. The third kappa shape index (κ3) is 5.40. The number of hydrogen-bond acceptors (Lipinski definition) is 8. The average Bonchev–Trinajstić information content (AvgIpc) is 3.30. The first-order chi connectivity index (χ1) is 18.9. The number of methoxy groups -OCH3 is 1. The van der Waals surface area contributed by atoms with E-state index in [1.165, 1.54) is 11.3 Å². The number of anilines is 1. The minimum atomic E-state index is -0.497. The highest BCUT2D eigenvalue weighted by Gasteiger charge is 2.27. The molecule has 0 aliphatic heterocycles. The van der Waals surface area contributed by atoms with Crippen LogP contribution in [0.15, 0.2) is 51.7 Å². The largest absolute Gasteiger partial charge is 0.497 e. The number of carbonyl (C=O) groups is 2. The van der Waals surface area contributed by atoms with E-state index in [0.717, 1.165) is 41.7 Å². The third-order valence-corrected chi connectivity index (χ3v) is 7.82. The molecule has 1 N–H and O–H groups in total. The van der Waals surface area contributed by atoms with E-state index in [-0.39, 0.29) is 23.5 Å². The Labute approximate surface area is 229 Å². The lowest BCUT2D eigenvalue weighted by molar-refractivity contribution is -0.118. The first-order valence-corrected chi connectivity index (χ1v) is 13.7. The van der Waals surface area contributed by atoms with Crippen LogP contribution in [0.3, 0.4) is 0 Å². The van der Waals surface area contributed by atoms with Gasteiger partial charge in [-0.25, -0.2) is 4.79 Å². The molecule has 0 saturated heterocycles. The van der Waals surface area contributed by atoms with Crippen molar-refractivity contribution in [2.45, 2.75) is 39.5 Å². The Morgan fingerprint density at radius 1 is 1.08 bits per heavy atom. The van der Waals surface area contributed by atoms with Gasteiger partial charge in [0.15, 0.2) is 12.4 Å². The first kappa shape index (κ1) is 26.5. The average molecular weight is 548 g/mol. The van der Waals surface area contributed by atoms with Gasteiger partial charge in [-0.05, 0) is 81.5 Å². The van der Waals surface area contributed by atoms with Gasteiger partial charge < -0.3 is 23.9 Å². The molecular weight excluding hydrogens is 518 g/mol. The molecule has 39 heavy (non-hydrogen) atoms. The Hall–Kier alpha value is -4.11. The molecule has 0 spiro atoms. The Balaban J connectivity index is 1.46. The molecule has 9 heteroatoms. The number of nitrogens with one attached hydrogen (secondary N) is 1. The predicted octanol–water partition coefficient (Wildman–Crippen LogP) is 5.91. The molecule has 0 bridgehead atoms. The molecule has 1 aliphatic rings. The number of fused-ring (bicyclic) bond motifs is 2. The fraction of sp³-hybridized carbons (Fsp3) is 0.300. The number of carbonyl (C=O) groups excluding carboxylic acids is 2. The van der Waals surface area contributed by atoms with Crippen LogP contribution < -0.4 is 20.2 Å². The van der Waals surface area contributed by atoms with Crippen molar-refractivity contribution < 1.29 is 28.2 Å². The van der Waals surface area contributed by atoms with E-state index in [4.69, 9.17) is 18.6 Å². The molecule has 2 heterocycles. The minimum Gasteiger partial charge on any atom is -0.497 e. The molecular formula is C30H29NO7S. The molecule has 0 unspecified atom stereocenters. The van der Waals surface area contributed by atoms with Crippen LogP contribution in [0.2, 0.25) is 0 Å². The van der Waals surface area contributed by atoms with Crippen LogP contribution in [-0.4, -0.2) is 32.2 Å². The van der Waals surface area contributed by atoms with Crippen molar-refractivity contribution in [2.24, 2.45) is 0 Å². The summed E-state index contributed by atoms with van der Waals surface area (Å²) in [5, 5.41) is 3.63. The number of ether oxygens (including phenoxy) is 3. The Morgan fingerprint density at radius 2 is 1.85 bits per heavy atom. The van der Waals surface area contributed by atoms with Crippen molar-refractivity contribution in [2.75, 3.05) is 25.6 Å². The summed E-state index contributed by atoms with van der Waals surface area (Å²) in [6.07, 6.45) is 3.66. The fourth-order valence-corrected chi connectivity index (χ4v) is 6.02. The standard InChI is InChI=1S/C30H29NO7S/c1-4-36-30(34)25-20-7-5-6-8-23(20)39-29(25)31-24(32)16-37-28-26(33)21-15-17(2)9-14-22(21)38-27(28)18-10-12-19(35-3)13-11-18/h9-15H,4-8,16H2,1-3H3,(H,31,32). The molecule has 2 aromatic carbocycles. The molecule has 5 rings (SSSR count). The number of benzene rings is 2. The molecule has 0 atom stereocenters. The van der Waals surface area contributed by atoms with E-state index in [9.17, 15) is 14.4 Å². The van der Waals surface area contributed by atoms with E-state index in [0.29, 0.717) is 32.8 Å². The van der Waals surface area contributed by atoms with Crippen LogP contribution in [0.5, 0.6) is 11.5 Å². The predicted molar refractivity (Wildman–Crippen MR) is 150 cm³/mol. The summed E-state index contributed by atoms with van der Waals surface area (Å²) in [5.74, 6) is -0.144. The maximum atomic E-state index is 13.5. The smallest absolute Gasteiger partial charge is 0.341 e. The first-order valence-electron chi connectivity index (χ1n) is 12.9. The van der Waals surface area contributed by atoms with Crippen molar-refractivity contribution in [3.05, 3.63) is 74.3 Å². The monoisotopic (exact) mass is 547 g/mol. The highest BCUT2D eigenvalue weighted by Crippen LogP contribution is 2.39. The number of rotatable bonds is 8. The quantitative estimate of drug-likeness (QED) is 0.273. The second kappa shape index (κ2) is 11.3. The van der Waals surface area contributed by atoms with Crippen LogP contribution in [0.25, 0.3) is 22.3 Å². The summed E-state index contributed by atoms with van der Waals surface area (Å²) in [6, 6.07) is 12.3. The number of hydrogen-bond donors (Lipinski definition) is 1. The molecule has 0 saturated carbocycles. The van der Waals surface area contributed by atoms with E-state index in [2.05, 4.69) is 5.32 Å². The number of aryl methyl sites for hydroxylation is 2. The van der Waals surface area contributed by atoms with Crippen LogP contribution in [0, 0.1) is 6.92 Å². The molecule has 4 aromatic rings. The third-order valence-electron chi connectivity index (χ3n) is 6.61. The van der Waals surface area contributed by atoms with Crippen molar-refractivity contribution in [1.29, 1.82) is 0 Å². The van der Waals surface area contributed by atoms with Crippen LogP contribution in [0.1, 0.15) is 46.1 Å². The summed E-state index contributed by atoms with van der Waals surface area (Å²) in [7, 11) is 1.57. The van der Waals surface area contributed by atoms with Gasteiger partial charge in [0, 0.05) is 10.4 Å². The number of amides is 1. The minimum absolute atomic E-state index is 0.0653. The lowest BCUT2D eigenvalue weighted by atomic mass is 9.95. The van der Waals surface area contributed by atoms with E-state index in [1.54, 1.807) is 50.4 Å². The summed E-state index contributed by atoms with van der Waals surface area (Å²) in [6.45, 7) is 3.42. The zero-order valence-electron chi connectivity index (χ0n) is 22.1. The molecule has 1 aliphatic carbocycles. The van der Waals surface area contributed by atoms with E-state index >= 15 is 0 Å². The van der Waals surface area contributed by atoms with Gasteiger partial charge in [-0.15, -0.1) is 11.3 Å². The zero-order valence-corrected chi connectivity index (χ0v) is 22.9. The van der Waals surface area contributed by atoms with Gasteiger partial charge in [-0.1, -0.05) is 11.6 Å². The molecule has 0 radical (unpaired) electrons. The van der Waals surface area contributed by atoms with Gasteiger partial charge in [0.25, 0.3) is 5.91 Å². The maximum Gasteiger partial charge on any atom is 0.341 e. The lowest BCUT2D eigenvalue weighted by Crippen LogP contribution is -2.23. The highest BCUT2D eigenvalue weighted by atomic mass is 32.1. The van der Waals surface area contributed by atoms with Gasteiger partial charge in [-0.3, -0.25) is 9.59 Å². The molecule has 8 nitrogen and oxygen atoms in total. The topological polar surface area (TPSA) is 104 Å². The Bertz CT molecular complexity index is 1600. The summed E-state index contributed by atoms with van der Waals surface area (Å²) < 4.78 is 22.5. The van der Waals surface area contributed by atoms with Gasteiger partial charge >= 0.3 is 5.97 Å². The van der Waals surface area contributed by atoms with Gasteiger partial charge in [0.05, 0.1) is 24.7 Å². The maximum absolute atomic E-state index is 13.5. The second-order valence-electron chi connectivity index (χ2n) is 9.29. The van der Waals surface area contributed by atoms with Crippen molar-refractivity contribution >= 4 is 39.2 Å². The van der Waals surface area contributed by atoms with E-state index in [1.807, 2.05) is 13.0 Å². The fourth-order valence-electron chi connectivity index (χ4n) is 4.73. The highest BCUT2D eigenvalue weighted by molar-refractivity contribution is 7.17.